The Hall–Kier alpha value is -2.38. The largest absolute Gasteiger partial charge is 0.349 e. The van der Waals surface area contributed by atoms with Crippen molar-refractivity contribution < 1.29 is 0 Å². The first-order valence-corrected chi connectivity index (χ1v) is 11.2. The predicted octanol–water partition coefficient (Wildman–Crippen LogP) is 4.81. The zero-order valence-electron chi connectivity index (χ0n) is 17.5. The predicted molar refractivity (Wildman–Crippen MR) is 122 cm³/mol. The highest BCUT2D eigenvalue weighted by Crippen LogP contribution is 2.35. The number of nitrogens with one attached hydrogen (secondary N) is 3. The zero-order chi connectivity index (χ0) is 20.7. The third-order valence-electron chi connectivity index (χ3n) is 6.28. The van der Waals surface area contributed by atoms with Gasteiger partial charge < -0.3 is 16.0 Å². The van der Waals surface area contributed by atoms with Gasteiger partial charge in [0, 0.05) is 22.3 Å². The van der Waals surface area contributed by atoms with Crippen LogP contribution in [-0.4, -0.2) is 38.1 Å². The molecule has 2 aromatic heterocycles. The van der Waals surface area contributed by atoms with Gasteiger partial charge >= 0.3 is 0 Å². The van der Waals surface area contributed by atoms with E-state index >= 15 is 0 Å². The normalized spacial score (nSPS) is 18.9. The van der Waals surface area contributed by atoms with Crippen molar-refractivity contribution in [2.24, 2.45) is 0 Å². The topological polar surface area (TPSA) is 79.7 Å². The van der Waals surface area contributed by atoms with Gasteiger partial charge in [-0.05, 0) is 82.8 Å². The fourth-order valence-electron chi connectivity index (χ4n) is 4.49. The Morgan fingerprint density at radius 2 is 1.97 bits per heavy atom. The number of hydrogen-bond acceptors (Lipinski definition) is 6. The molecule has 0 spiro atoms. The van der Waals surface area contributed by atoms with Crippen molar-refractivity contribution in [3.63, 3.8) is 0 Å². The molecule has 1 aliphatic carbocycles. The summed E-state index contributed by atoms with van der Waals surface area (Å²) in [6.45, 7) is 6.27. The van der Waals surface area contributed by atoms with Crippen molar-refractivity contribution in [1.29, 1.82) is 0 Å². The molecule has 5 rings (SSSR count). The molecular formula is C22H28ClN7. The summed E-state index contributed by atoms with van der Waals surface area (Å²) in [6.07, 6.45) is 7.48. The third-order valence-corrected chi connectivity index (χ3v) is 6.49. The number of piperidine rings is 1. The molecule has 0 bridgehead atoms. The SMILES string of the molecule is Cc1cc(Cl)cc(Nc2nc3cnc(NC4(C)CCC4)nc3n2C2CCNCC2)c1. The first-order chi connectivity index (χ1) is 14.5. The number of fused-ring (bicyclic) bond motifs is 1. The Labute approximate surface area is 181 Å². The molecule has 0 unspecified atom stereocenters. The van der Waals surface area contributed by atoms with Crippen LogP contribution in [0, 0.1) is 6.92 Å². The maximum absolute atomic E-state index is 6.28. The minimum absolute atomic E-state index is 0.104. The number of aryl methyl sites for hydroxylation is 1. The second-order valence-corrected chi connectivity index (χ2v) is 9.31. The standard InChI is InChI=1S/C22H28ClN7/c1-14-10-15(23)12-16(11-14)26-21-27-18-13-25-20(29-22(2)6-3-7-22)28-19(18)30(21)17-4-8-24-9-5-17/h10-13,17,24H,3-9H2,1-2H3,(H,26,27)(H,25,28,29). The van der Waals surface area contributed by atoms with E-state index in [0.29, 0.717) is 17.0 Å². The number of halogens is 1. The molecule has 0 amide bonds. The molecule has 7 nitrogen and oxygen atoms in total. The lowest BCUT2D eigenvalue weighted by molar-refractivity contribution is 0.305. The van der Waals surface area contributed by atoms with Crippen LogP contribution in [0.1, 0.15) is 50.6 Å². The highest BCUT2D eigenvalue weighted by molar-refractivity contribution is 6.30. The van der Waals surface area contributed by atoms with Gasteiger partial charge in [0.1, 0.15) is 5.52 Å². The lowest BCUT2D eigenvalue weighted by atomic mass is 9.79. The van der Waals surface area contributed by atoms with Gasteiger partial charge in [-0.2, -0.15) is 4.98 Å². The van der Waals surface area contributed by atoms with E-state index in [-0.39, 0.29) is 5.54 Å². The molecule has 1 aliphatic heterocycles. The number of imidazole rings is 1. The van der Waals surface area contributed by atoms with E-state index in [4.69, 9.17) is 21.6 Å². The summed E-state index contributed by atoms with van der Waals surface area (Å²) in [5.41, 5.74) is 3.82. The maximum Gasteiger partial charge on any atom is 0.225 e. The Bertz CT molecular complexity index is 1050. The third kappa shape index (κ3) is 3.84. The summed E-state index contributed by atoms with van der Waals surface area (Å²) >= 11 is 6.28. The van der Waals surface area contributed by atoms with Gasteiger partial charge in [0.05, 0.1) is 6.20 Å². The van der Waals surface area contributed by atoms with E-state index in [1.165, 1.54) is 6.42 Å². The van der Waals surface area contributed by atoms with Gasteiger partial charge in [-0.1, -0.05) is 11.6 Å². The van der Waals surface area contributed by atoms with E-state index in [1.807, 2.05) is 25.3 Å². The van der Waals surface area contributed by atoms with E-state index in [9.17, 15) is 0 Å². The number of aromatic nitrogens is 4. The zero-order valence-corrected chi connectivity index (χ0v) is 18.3. The molecule has 3 aromatic rings. The van der Waals surface area contributed by atoms with Crippen molar-refractivity contribution in [2.45, 2.75) is 57.5 Å². The van der Waals surface area contributed by atoms with Crippen molar-refractivity contribution in [1.82, 2.24) is 24.8 Å². The van der Waals surface area contributed by atoms with Crippen molar-refractivity contribution in [3.05, 3.63) is 35.0 Å². The van der Waals surface area contributed by atoms with Gasteiger partial charge in [0.2, 0.25) is 11.9 Å². The van der Waals surface area contributed by atoms with E-state index in [1.54, 1.807) is 0 Å². The summed E-state index contributed by atoms with van der Waals surface area (Å²) in [5, 5.41) is 11.2. The first-order valence-electron chi connectivity index (χ1n) is 10.8. The summed E-state index contributed by atoms with van der Waals surface area (Å²) in [5.74, 6) is 1.48. The van der Waals surface area contributed by atoms with Gasteiger partial charge in [0.25, 0.3) is 0 Å². The second-order valence-electron chi connectivity index (χ2n) is 8.87. The Morgan fingerprint density at radius 1 is 1.17 bits per heavy atom. The lowest BCUT2D eigenvalue weighted by Gasteiger charge is -2.39. The Balaban J connectivity index is 1.56. The average Bonchev–Trinajstić information content (AvgIpc) is 3.03. The highest BCUT2D eigenvalue weighted by Gasteiger charge is 2.32. The van der Waals surface area contributed by atoms with Gasteiger partial charge in [-0.15, -0.1) is 0 Å². The molecule has 1 saturated heterocycles. The van der Waals surface area contributed by atoms with Crippen molar-refractivity contribution >= 4 is 40.3 Å². The molecule has 1 saturated carbocycles. The van der Waals surface area contributed by atoms with Crippen molar-refractivity contribution in [3.8, 4) is 0 Å². The molecular weight excluding hydrogens is 398 g/mol. The lowest BCUT2D eigenvalue weighted by Crippen LogP contribution is -2.42. The number of benzene rings is 1. The fourth-order valence-corrected chi connectivity index (χ4v) is 4.78. The molecule has 0 atom stereocenters. The Morgan fingerprint density at radius 3 is 2.67 bits per heavy atom. The summed E-state index contributed by atoms with van der Waals surface area (Å²) in [7, 11) is 0. The second kappa shape index (κ2) is 7.71. The maximum atomic E-state index is 6.28. The minimum atomic E-state index is 0.104. The van der Waals surface area contributed by atoms with Crippen LogP contribution in [0.4, 0.5) is 17.6 Å². The number of anilines is 3. The van der Waals surface area contributed by atoms with E-state index in [0.717, 1.165) is 67.1 Å². The van der Waals surface area contributed by atoms with Gasteiger partial charge in [-0.3, -0.25) is 4.57 Å². The molecule has 30 heavy (non-hydrogen) atoms. The average molecular weight is 426 g/mol. The molecule has 158 valence electrons. The first kappa shape index (κ1) is 19.6. The monoisotopic (exact) mass is 425 g/mol. The van der Waals surface area contributed by atoms with Crippen LogP contribution in [0.5, 0.6) is 0 Å². The fraction of sp³-hybridized carbons (Fsp3) is 0.500. The molecule has 1 aromatic carbocycles. The smallest absolute Gasteiger partial charge is 0.225 e. The number of nitrogens with zero attached hydrogens (tertiary/aromatic N) is 4. The van der Waals surface area contributed by atoms with Gasteiger partial charge in [-0.25, -0.2) is 9.97 Å². The van der Waals surface area contributed by atoms with Crippen LogP contribution in [0.2, 0.25) is 5.02 Å². The van der Waals surface area contributed by atoms with Crippen LogP contribution in [0.25, 0.3) is 11.2 Å². The van der Waals surface area contributed by atoms with Crippen LogP contribution < -0.4 is 16.0 Å². The van der Waals surface area contributed by atoms with Crippen molar-refractivity contribution in [2.75, 3.05) is 23.7 Å². The summed E-state index contributed by atoms with van der Waals surface area (Å²) in [6, 6.07) is 6.29. The molecule has 3 heterocycles. The van der Waals surface area contributed by atoms with Gasteiger partial charge in [0.15, 0.2) is 5.65 Å². The molecule has 2 fully saturated rings. The summed E-state index contributed by atoms with van der Waals surface area (Å²) in [4.78, 5) is 14.3. The van der Waals surface area contributed by atoms with E-state index < -0.39 is 0 Å². The van der Waals surface area contributed by atoms with E-state index in [2.05, 4.69) is 38.5 Å². The number of hydrogen-bond donors (Lipinski definition) is 3. The minimum Gasteiger partial charge on any atom is -0.349 e. The number of rotatable bonds is 5. The quantitative estimate of drug-likeness (QED) is 0.544. The van der Waals surface area contributed by atoms with Crippen LogP contribution >= 0.6 is 11.6 Å². The molecule has 3 N–H and O–H groups in total. The van der Waals surface area contributed by atoms with Crippen LogP contribution in [0.15, 0.2) is 24.4 Å². The highest BCUT2D eigenvalue weighted by atomic mass is 35.5. The Kier molecular flexibility index (Phi) is 5.03. The van der Waals surface area contributed by atoms with Crippen LogP contribution in [-0.2, 0) is 0 Å². The molecule has 0 radical (unpaired) electrons. The van der Waals surface area contributed by atoms with Crippen LogP contribution in [0.3, 0.4) is 0 Å². The molecule has 8 heteroatoms. The molecule has 2 aliphatic rings. The summed E-state index contributed by atoms with van der Waals surface area (Å²) < 4.78 is 2.25.